The number of H-pyrrole nitrogens is 1. The lowest BCUT2D eigenvalue weighted by Crippen LogP contribution is -2.54. The molecule has 0 spiro atoms. The van der Waals surface area contributed by atoms with Gasteiger partial charge in [0.15, 0.2) is 0 Å². The van der Waals surface area contributed by atoms with Gasteiger partial charge in [-0.05, 0) is 68.2 Å². The fourth-order valence-electron chi connectivity index (χ4n) is 6.28. The number of carbonyl (C=O) groups is 3. The van der Waals surface area contributed by atoms with E-state index in [1.807, 2.05) is 48.5 Å². The van der Waals surface area contributed by atoms with Crippen molar-refractivity contribution in [3.05, 3.63) is 96.1 Å². The summed E-state index contributed by atoms with van der Waals surface area (Å²) in [6.45, 7) is 2.06. The molecule has 1 saturated heterocycles. The van der Waals surface area contributed by atoms with E-state index in [1.165, 1.54) is 5.56 Å². The van der Waals surface area contributed by atoms with Gasteiger partial charge < -0.3 is 20.4 Å². The maximum absolute atomic E-state index is 13.6. The molecule has 1 fully saturated rings. The van der Waals surface area contributed by atoms with Crippen molar-refractivity contribution in [1.29, 1.82) is 0 Å². The number of hydrogen-bond donors (Lipinski definition) is 4. The number of para-hydroxylation sites is 1. The summed E-state index contributed by atoms with van der Waals surface area (Å²) in [5, 5.41) is 10.9. The van der Waals surface area contributed by atoms with Gasteiger partial charge in [-0.25, -0.2) is 0 Å². The maximum atomic E-state index is 13.6. The van der Waals surface area contributed by atoms with Crippen molar-refractivity contribution in [2.24, 2.45) is 0 Å². The summed E-state index contributed by atoms with van der Waals surface area (Å²) in [5.41, 5.74) is 5.58. The van der Waals surface area contributed by atoms with Crippen LogP contribution in [-0.4, -0.2) is 41.2 Å². The van der Waals surface area contributed by atoms with E-state index in [0.29, 0.717) is 25.8 Å². The van der Waals surface area contributed by atoms with E-state index in [4.69, 9.17) is 0 Å². The molecule has 0 saturated carbocycles. The fraction of sp³-hybridized carbons (Fsp3) is 0.378. The van der Waals surface area contributed by atoms with Crippen molar-refractivity contribution >= 4 is 28.5 Å². The Morgan fingerprint density at radius 2 is 1.59 bits per heavy atom. The van der Waals surface area contributed by atoms with Crippen molar-refractivity contribution in [2.45, 2.75) is 82.8 Å². The molecule has 2 unspecified atom stereocenters. The summed E-state index contributed by atoms with van der Waals surface area (Å²) in [6.07, 6.45) is 6.80. The van der Waals surface area contributed by atoms with Crippen LogP contribution in [0.2, 0.25) is 0 Å². The first-order valence-electron chi connectivity index (χ1n) is 16.0. The predicted molar refractivity (Wildman–Crippen MR) is 176 cm³/mol. The highest BCUT2D eigenvalue weighted by molar-refractivity contribution is 5.91. The minimum atomic E-state index is -0.629. The second kappa shape index (κ2) is 15.5. The van der Waals surface area contributed by atoms with Crippen LogP contribution in [0.3, 0.4) is 0 Å². The Hall–Kier alpha value is -4.23. The van der Waals surface area contributed by atoms with E-state index in [0.717, 1.165) is 66.2 Å². The Morgan fingerprint density at radius 3 is 2.36 bits per heavy atom. The summed E-state index contributed by atoms with van der Waals surface area (Å²) < 4.78 is 0. The molecule has 1 aliphatic heterocycles. The minimum absolute atomic E-state index is 0.120. The zero-order chi connectivity index (χ0) is 30.7. The van der Waals surface area contributed by atoms with E-state index in [2.05, 4.69) is 57.3 Å². The van der Waals surface area contributed by atoms with Gasteiger partial charge in [0.1, 0.15) is 11.8 Å². The van der Waals surface area contributed by atoms with Gasteiger partial charge in [0.2, 0.25) is 11.8 Å². The first-order valence-corrected chi connectivity index (χ1v) is 16.0. The van der Waals surface area contributed by atoms with Gasteiger partial charge >= 0.3 is 0 Å². The molecule has 3 atom stereocenters. The smallest absolute Gasteiger partial charge is 0.242 e. The number of amides is 2. The molecule has 0 bridgehead atoms. The number of piperidine rings is 1. The number of unbranched alkanes of at least 4 members (excludes halogenated alkanes) is 2. The zero-order valence-electron chi connectivity index (χ0n) is 25.6. The molecular formula is C37H44N4O3. The van der Waals surface area contributed by atoms with Crippen LogP contribution in [0.15, 0.2) is 84.9 Å². The van der Waals surface area contributed by atoms with E-state index in [9.17, 15) is 14.4 Å². The number of hydrogen-bond acceptors (Lipinski definition) is 4. The maximum Gasteiger partial charge on any atom is 0.242 e. The Balaban J connectivity index is 1.24. The van der Waals surface area contributed by atoms with Gasteiger partial charge in [0.25, 0.3) is 0 Å². The molecule has 230 valence electrons. The number of Topliss-reactive ketones (excluding diaryl/α,β-unsaturated/α-hetero) is 1. The van der Waals surface area contributed by atoms with Crippen LogP contribution in [0.5, 0.6) is 0 Å². The Bertz CT molecular complexity index is 1530. The van der Waals surface area contributed by atoms with Crippen molar-refractivity contribution < 1.29 is 14.4 Å². The monoisotopic (exact) mass is 592 g/mol. The number of aromatic amines is 1. The lowest BCUT2D eigenvalue weighted by atomic mass is 9.93. The molecule has 4 N–H and O–H groups in total. The van der Waals surface area contributed by atoms with Gasteiger partial charge in [0, 0.05) is 35.6 Å². The molecule has 7 nitrogen and oxygen atoms in total. The Labute approximate surface area is 260 Å². The quantitative estimate of drug-likeness (QED) is 0.127. The number of aromatic nitrogens is 1. The van der Waals surface area contributed by atoms with Crippen LogP contribution in [0.1, 0.15) is 75.5 Å². The van der Waals surface area contributed by atoms with Gasteiger partial charge in [-0.2, -0.15) is 0 Å². The molecule has 44 heavy (non-hydrogen) atoms. The standard InChI is InChI=1S/C37H44N4O3/c1-26(42)14-5-2-10-21-33(41-37(44)34-23-13-22-31(39-34)27-15-6-3-7-16-27)36(43)38-25-24-30-29-19-11-12-20-32(29)40-35(30)28-17-8-4-9-18-28/h3-4,6-9,11-12,15-20,31,33-34,39-40H,2,5,10,13-14,21-25H2,1H3,(H,38,43)(H,41,44)/t31?,33-,34?/m0/s1. The third-order valence-electron chi connectivity index (χ3n) is 8.61. The number of benzene rings is 3. The molecular weight excluding hydrogens is 548 g/mol. The summed E-state index contributed by atoms with van der Waals surface area (Å²) in [7, 11) is 0. The van der Waals surface area contributed by atoms with Crippen molar-refractivity contribution in [3.63, 3.8) is 0 Å². The first-order chi connectivity index (χ1) is 21.5. The number of rotatable bonds is 14. The zero-order valence-corrected chi connectivity index (χ0v) is 25.6. The second-order valence-electron chi connectivity index (χ2n) is 11.9. The summed E-state index contributed by atoms with van der Waals surface area (Å²) in [4.78, 5) is 42.0. The third kappa shape index (κ3) is 8.23. The number of carbonyl (C=O) groups excluding carboxylic acids is 3. The van der Waals surface area contributed by atoms with Crippen molar-refractivity contribution in [2.75, 3.05) is 6.54 Å². The van der Waals surface area contributed by atoms with Crippen LogP contribution in [0.4, 0.5) is 0 Å². The summed E-state index contributed by atoms with van der Waals surface area (Å²) in [5.74, 6) is -0.116. The largest absolute Gasteiger partial charge is 0.354 e. The molecule has 3 aromatic carbocycles. The van der Waals surface area contributed by atoms with Gasteiger partial charge in [-0.3, -0.25) is 14.9 Å². The topological polar surface area (TPSA) is 103 Å². The van der Waals surface area contributed by atoms with Crippen molar-refractivity contribution in [1.82, 2.24) is 20.9 Å². The first kappa shape index (κ1) is 31.2. The molecule has 0 radical (unpaired) electrons. The molecule has 1 aliphatic rings. The molecule has 2 heterocycles. The normalized spacial score (nSPS) is 17.2. The molecule has 0 aliphatic carbocycles. The van der Waals surface area contributed by atoms with Gasteiger partial charge in [-0.15, -0.1) is 0 Å². The van der Waals surface area contributed by atoms with Crippen LogP contribution < -0.4 is 16.0 Å². The second-order valence-corrected chi connectivity index (χ2v) is 11.9. The van der Waals surface area contributed by atoms with Gasteiger partial charge in [0.05, 0.1) is 6.04 Å². The number of fused-ring (bicyclic) bond motifs is 1. The number of ketones is 1. The number of nitrogens with one attached hydrogen (secondary N) is 4. The highest BCUT2D eigenvalue weighted by Crippen LogP contribution is 2.30. The third-order valence-corrected chi connectivity index (χ3v) is 8.61. The molecule has 2 amide bonds. The van der Waals surface area contributed by atoms with E-state index >= 15 is 0 Å². The molecule has 5 rings (SSSR count). The van der Waals surface area contributed by atoms with E-state index in [-0.39, 0.29) is 29.7 Å². The Kier molecular flexibility index (Phi) is 11.0. The SMILES string of the molecule is CC(=O)CCCCC[C@H](NC(=O)C1CCCC(c2ccccc2)N1)C(=O)NCCc1c(-c2ccccc2)[nH]c2ccccc12. The van der Waals surface area contributed by atoms with Crippen LogP contribution in [0, 0.1) is 0 Å². The average molecular weight is 593 g/mol. The summed E-state index contributed by atoms with van der Waals surface area (Å²) >= 11 is 0. The van der Waals surface area contributed by atoms with Crippen LogP contribution >= 0.6 is 0 Å². The van der Waals surface area contributed by atoms with E-state index in [1.54, 1.807) is 6.92 Å². The predicted octanol–water partition coefficient (Wildman–Crippen LogP) is 6.40. The van der Waals surface area contributed by atoms with E-state index < -0.39 is 6.04 Å². The summed E-state index contributed by atoms with van der Waals surface area (Å²) in [6, 6.07) is 27.8. The molecule has 7 heteroatoms. The average Bonchev–Trinajstić information content (AvgIpc) is 3.43. The molecule has 1 aromatic heterocycles. The highest BCUT2D eigenvalue weighted by Gasteiger charge is 2.30. The van der Waals surface area contributed by atoms with Crippen molar-refractivity contribution in [3.8, 4) is 11.3 Å². The lowest BCUT2D eigenvalue weighted by Gasteiger charge is -2.31. The molecule has 4 aromatic rings. The van der Waals surface area contributed by atoms with Crippen LogP contribution in [0.25, 0.3) is 22.2 Å². The Morgan fingerprint density at radius 1 is 0.864 bits per heavy atom. The fourth-order valence-corrected chi connectivity index (χ4v) is 6.28. The minimum Gasteiger partial charge on any atom is -0.354 e. The lowest BCUT2D eigenvalue weighted by molar-refractivity contribution is -0.130. The van der Waals surface area contributed by atoms with Gasteiger partial charge in [-0.1, -0.05) is 91.7 Å². The van der Waals surface area contributed by atoms with Crippen LogP contribution in [-0.2, 0) is 20.8 Å². The highest BCUT2D eigenvalue weighted by atomic mass is 16.2.